The molecule has 1 aromatic carbocycles. The van der Waals surface area contributed by atoms with Crippen LogP contribution in [-0.2, 0) is 0 Å². The summed E-state index contributed by atoms with van der Waals surface area (Å²) in [4.78, 5) is 16.0. The summed E-state index contributed by atoms with van der Waals surface area (Å²) in [7, 11) is 0. The third-order valence-electron chi connectivity index (χ3n) is 3.52. The van der Waals surface area contributed by atoms with Crippen LogP contribution in [0.4, 0.5) is 0 Å². The number of nitrogens with one attached hydrogen (secondary N) is 1. The number of hydrogen-bond acceptors (Lipinski definition) is 4. The number of nitrogens with two attached hydrogens (primary N) is 1. The Hall–Kier alpha value is -2.73. The number of benzene rings is 1. The van der Waals surface area contributed by atoms with Crippen LogP contribution in [0.2, 0.25) is 0 Å². The summed E-state index contributed by atoms with van der Waals surface area (Å²) in [5, 5.41) is 4.55. The molecule has 0 aliphatic rings. The number of nitrogen functional groups attached to an aromatic ring is 1. The predicted molar refractivity (Wildman–Crippen MR) is 79.6 cm³/mol. The van der Waals surface area contributed by atoms with E-state index in [2.05, 4.69) is 15.5 Å². The number of fused-ring (bicyclic) bond motifs is 1. The predicted octanol–water partition coefficient (Wildman–Crippen LogP) is 1.62. The molecule has 1 amide bonds. The van der Waals surface area contributed by atoms with Crippen molar-refractivity contribution >= 4 is 11.6 Å². The van der Waals surface area contributed by atoms with Crippen molar-refractivity contribution in [2.45, 2.75) is 13.8 Å². The van der Waals surface area contributed by atoms with Crippen LogP contribution in [-0.4, -0.2) is 20.5 Å². The van der Waals surface area contributed by atoms with Gasteiger partial charge in [0.05, 0.1) is 17.0 Å². The Kier molecular flexibility index (Phi) is 3.15. The van der Waals surface area contributed by atoms with Gasteiger partial charge in [0.25, 0.3) is 5.91 Å². The highest BCUT2D eigenvalue weighted by atomic mass is 16.2. The van der Waals surface area contributed by atoms with Gasteiger partial charge < -0.3 is 0 Å². The first kappa shape index (κ1) is 13.3. The first-order valence-corrected chi connectivity index (χ1v) is 6.54. The molecular weight excluding hydrogens is 266 g/mol. The maximum atomic E-state index is 11.7. The second-order valence-electron chi connectivity index (χ2n) is 4.85. The molecule has 0 radical (unpaired) electrons. The fourth-order valence-corrected chi connectivity index (χ4v) is 2.34. The summed E-state index contributed by atoms with van der Waals surface area (Å²) in [6.45, 7) is 3.85. The number of carbonyl (C=O) groups is 1. The molecule has 0 fully saturated rings. The van der Waals surface area contributed by atoms with Crippen molar-refractivity contribution in [1.29, 1.82) is 0 Å². The molecular formula is C15H15N5O. The van der Waals surface area contributed by atoms with Crippen LogP contribution in [0.3, 0.4) is 0 Å². The van der Waals surface area contributed by atoms with Gasteiger partial charge in [0.15, 0.2) is 5.65 Å². The van der Waals surface area contributed by atoms with Crippen LogP contribution in [0.5, 0.6) is 0 Å². The van der Waals surface area contributed by atoms with E-state index in [9.17, 15) is 4.79 Å². The van der Waals surface area contributed by atoms with Crippen molar-refractivity contribution in [1.82, 2.24) is 20.0 Å². The van der Waals surface area contributed by atoms with Crippen molar-refractivity contribution in [3.8, 4) is 11.3 Å². The van der Waals surface area contributed by atoms with Gasteiger partial charge in [-0.2, -0.15) is 5.10 Å². The largest absolute Gasteiger partial charge is 0.290 e. The SMILES string of the molecule is Cc1ccccc1-c1cc2ncc(C(=O)NN)c(C)n2n1. The zero-order valence-electron chi connectivity index (χ0n) is 11.8. The Labute approximate surface area is 121 Å². The lowest BCUT2D eigenvalue weighted by molar-refractivity contribution is 0.0952. The van der Waals surface area contributed by atoms with Crippen LogP contribution < -0.4 is 11.3 Å². The molecule has 0 atom stereocenters. The van der Waals surface area contributed by atoms with Crippen LogP contribution >= 0.6 is 0 Å². The number of rotatable bonds is 2. The van der Waals surface area contributed by atoms with E-state index in [1.165, 1.54) is 6.20 Å². The van der Waals surface area contributed by atoms with E-state index < -0.39 is 0 Å². The molecule has 2 heterocycles. The summed E-state index contributed by atoms with van der Waals surface area (Å²) in [5.74, 6) is 4.80. The molecule has 21 heavy (non-hydrogen) atoms. The molecule has 0 aliphatic heterocycles. The fourth-order valence-electron chi connectivity index (χ4n) is 2.34. The molecule has 0 aliphatic carbocycles. The molecule has 0 saturated heterocycles. The summed E-state index contributed by atoms with van der Waals surface area (Å²) in [5.41, 5.74) is 6.93. The van der Waals surface area contributed by atoms with Crippen LogP contribution in [0.1, 0.15) is 21.6 Å². The second-order valence-corrected chi connectivity index (χ2v) is 4.85. The number of hydrazine groups is 1. The Morgan fingerprint density at radius 2 is 2.05 bits per heavy atom. The summed E-state index contributed by atoms with van der Waals surface area (Å²) in [6, 6.07) is 9.91. The summed E-state index contributed by atoms with van der Waals surface area (Å²) in [6.07, 6.45) is 1.51. The molecule has 6 heteroatoms. The maximum Gasteiger partial charge on any atom is 0.268 e. The van der Waals surface area contributed by atoms with Crippen LogP contribution in [0, 0.1) is 13.8 Å². The zero-order valence-corrected chi connectivity index (χ0v) is 11.8. The second kappa shape index (κ2) is 4.99. The molecule has 0 unspecified atom stereocenters. The van der Waals surface area contributed by atoms with E-state index in [4.69, 9.17) is 5.84 Å². The molecule has 0 spiro atoms. The molecule has 3 aromatic rings. The van der Waals surface area contributed by atoms with Crippen molar-refractivity contribution in [3.05, 3.63) is 53.3 Å². The van der Waals surface area contributed by atoms with E-state index in [1.807, 2.05) is 44.2 Å². The molecule has 0 saturated carbocycles. The Balaban J connectivity index is 2.19. The Morgan fingerprint density at radius 1 is 1.29 bits per heavy atom. The van der Waals surface area contributed by atoms with Gasteiger partial charge in [-0.25, -0.2) is 15.3 Å². The van der Waals surface area contributed by atoms with Crippen LogP contribution in [0.25, 0.3) is 16.9 Å². The van der Waals surface area contributed by atoms with Gasteiger partial charge in [-0.05, 0) is 19.4 Å². The minimum atomic E-state index is -0.380. The number of aromatic nitrogens is 3. The molecule has 0 bridgehead atoms. The molecule has 2 aromatic heterocycles. The van der Waals surface area contributed by atoms with Crippen molar-refractivity contribution in [2.24, 2.45) is 5.84 Å². The van der Waals surface area contributed by atoms with Gasteiger partial charge in [-0.3, -0.25) is 10.2 Å². The highest BCUT2D eigenvalue weighted by Gasteiger charge is 2.14. The summed E-state index contributed by atoms with van der Waals surface area (Å²) < 4.78 is 1.66. The third kappa shape index (κ3) is 2.15. The van der Waals surface area contributed by atoms with E-state index in [1.54, 1.807) is 4.52 Å². The van der Waals surface area contributed by atoms with Gasteiger partial charge in [-0.15, -0.1) is 0 Å². The standard InChI is InChI=1S/C15H15N5O/c1-9-5-3-4-6-11(9)13-7-14-17-8-12(15(21)18-16)10(2)20(14)19-13/h3-8H,16H2,1-2H3,(H,18,21). The van der Waals surface area contributed by atoms with Gasteiger partial charge in [0.2, 0.25) is 0 Å². The molecule has 106 valence electrons. The molecule has 3 rings (SSSR count). The number of hydrogen-bond donors (Lipinski definition) is 2. The first-order valence-electron chi connectivity index (χ1n) is 6.54. The zero-order chi connectivity index (χ0) is 15.0. The lowest BCUT2D eigenvalue weighted by atomic mass is 10.1. The number of nitrogens with zero attached hydrogens (tertiary/aromatic N) is 3. The number of carbonyl (C=O) groups excluding carboxylic acids is 1. The third-order valence-corrected chi connectivity index (χ3v) is 3.52. The lowest BCUT2D eigenvalue weighted by Crippen LogP contribution is -2.31. The maximum absolute atomic E-state index is 11.7. The fraction of sp³-hybridized carbons (Fsp3) is 0.133. The summed E-state index contributed by atoms with van der Waals surface area (Å²) >= 11 is 0. The highest BCUT2D eigenvalue weighted by molar-refractivity contribution is 5.94. The highest BCUT2D eigenvalue weighted by Crippen LogP contribution is 2.23. The van der Waals surface area contributed by atoms with Crippen molar-refractivity contribution in [2.75, 3.05) is 0 Å². The van der Waals surface area contributed by atoms with Gasteiger partial charge >= 0.3 is 0 Å². The number of aryl methyl sites for hydroxylation is 2. The van der Waals surface area contributed by atoms with E-state index in [0.29, 0.717) is 16.9 Å². The first-order chi connectivity index (χ1) is 10.1. The monoisotopic (exact) mass is 281 g/mol. The normalized spacial score (nSPS) is 10.8. The van der Waals surface area contributed by atoms with Gasteiger partial charge in [-0.1, -0.05) is 24.3 Å². The van der Waals surface area contributed by atoms with E-state index in [-0.39, 0.29) is 5.91 Å². The lowest BCUT2D eigenvalue weighted by Gasteiger charge is -2.05. The minimum Gasteiger partial charge on any atom is -0.290 e. The quantitative estimate of drug-likeness (QED) is 0.424. The number of amides is 1. The van der Waals surface area contributed by atoms with E-state index >= 15 is 0 Å². The average Bonchev–Trinajstić information content (AvgIpc) is 2.92. The van der Waals surface area contributed by atoms with Gasteiger partial charge in [0, 0.05) is 17.8 Å². The molecule has 6 nitrogen and oxygen atoms in total. The van der Waals surface area contributed by atoms with Crippen molar-refractivity contribution < 1.29 is 4.79 Å². The Bertz CT molecular complexity index is 837. The Morgan fingerprint density at radius 3 is 2.76 bits per heavy atom. The minimum absolute atomic E-state index is 0.380. The topological polar surface area (TPSA) is 85.3 Å². The van der Waals surface area contributed by atoms with Crippen LogP contribution in [0.15, 0.2) is 36.5 Å². The van der Waals surface area contributed by atoms with Gasteiger partial charge in [0.1, 0.15) is 0 Å². The van der Waals surface area contributed by atoms with Crippen molar-refractivity contribution in [3.63, 3.8) is 0 Å². The average molecular weight is 281 g/mol. The van der Waals surface area contributed by atoms with E-state index in [0.717, 1.165) is 16.8 Å². The molecule has 3 N–H and O–H groups in total. The smallest absolute Gasteiger partial charge is 0.268 e.